The second-order valence-corrected chi connectivity index (χ2v) is 7.92. The number of aliphatic hydroxyl groups is 1. The van der Waals surface area contributed by atoms with Crippen molar-refractivity contribution in [2.24, 2.45) is 0 Å². The zero-order valence-corrected chi connectivity index (χ0v) is 15.9. The molecular weight excluding hydrogens is 362 g/mol. The van der Waals surface area contributed by atoms with Crippen molar-refractivity contribution in [3.8, 4) is 0 Å². The van der Waals surface area contributed by atoms with Crippen LogP contribution in [0.5, 0.6) is 0 Å². The first-order chi connectivity index (χ1) is 13.1. The van der Waals surface area contributed by atoms with Gasteiger partial charge in [0, 0.05) is 13.2 Å². The Balaban J connectivity index is 1.75. The predicted molar refractivity (Wildman–Crippen MR) is 103 cm³/mol. The molecule has 2 atom stereocenters. The summed E-state index contributed by atoms with van der Waals surface area (Å²) in [5.74, 6) is -1.25. The van der Waals surface area contributed by atoms with Gasteiger partial charge in [0.1, 0.15) is 0 Å². The minimum Gasteiger partial charge on any atom is -0.503 e. The second-order valence-electron chi connectivity index (χ2n) is 6.97. The SMILES string of the molecule is Cc1ccc(C2C(C(=O)c3cccs3)=C(O)C(=O)N2CC2CCCO2)cc1. The lowest BCUT2D eigenvalue weighted by Crippen LogP contribution is -2.37. The molecule has 0 bridgehead atoms. The molecule has 1 saturated heterocycles. The van der Waals surface area contributed by atoms with E-state index in [-0.39, 0.29) is 17.5 Å². The third-order valence-electron chi connectivity index (χ3n) is 5.11. The summed E-state index contributed by atoms with van der Waals surface area (Å²) in [6.07, 6.45) is 1.77. The summed E-state index contributed by atoms with van der Waals surface area (Å²) in [5.41, 5.74) is 2.06. The molecule has 2 aliphatic rings. The molecule has 1 amide bonds. The third kappa shape index (κ3) is 3.31. The molecule has 27 heavy (non-hydrogen) atoms. The Hall–Kier alpha value is -2.44. The summed E-state index contributed by atoms with van der Waals surface area (Å²) in [7, 11) is 0. The highest BCUT2D eigenvalue weighted by Crippen LogP contribution is 2.40. The van der Waals surface area contributed by atoms with Gasteiger partial charge in [-0.05, 0) is 36.8 Å². The molecule has 0 aliphatic carbocycles. The highest BCUT2D eigenvalue weighted by atomic mass is 32.1. The van der Waals surface area contributed by atoms with Gasteiger partial charge >= 0.3 is 0 Å². The molecule has 2 aromatic rings. The van der Waals surface area contributed by atoms with Crippen molar-refractivity contribution in [1.82, 2.24) is 4.90 Å². The standard InChI is InChI=1S/C21H21NO4S/c1-13-6-8-14(9-7-13)18-17(19(23)16-5-3-11-27-16)20(24)21(25)22(18)12-15-4-2-10-26-15/h3,5-9,11,15,18,24H,2,4,10,12H2,1H3. The number of nitrogens with zero attached hydrogens (tertiary/aromatic N) is 1. The van der Waals surface area contributed by atoms with Gasteiger partial charge in [-0.3, -0.25) is 9.59 Å². The fourth-order valence-electron chi connectivity index (χ4n) is 3.72. The number of aryl methyl sites for hydroxylation is 1. The zero-order chi connectivity index (χ0) is 19.0. The van der Waals surface area contributed by atoms with E-state index in [1.807, 2.05) is 36.6 Å². The number of Topliss-reactive ketones (excluding diaryl/α,β-unsaturated/α-hetero) is 1. The van der Waals surface area contributed by atoms with Gasteiger partial charge in [0.05, 0.1) is 22.6 Å². The number of aliphatic hydroxyl groups excluding tert-OH is 1. The maximum absolute atomic E-state index is 13.1. The van der Waals surface area contributed by atoms with Gasteiger partial charge < -0.3 is 14.7 Å². The van der Waals surface area contributed by atoms with Crippen LogP contribution in [0.1, 0.15) is 39.7 Å². The number of carbonyl (C=O) groups is 2. The Morgan fingerprint density at radius 2 is 2.07 bits per heavy atom. The van der Waals surface area contributed by atoms with E-state index in [1.165, 1.54) is 11.3 Å². The van der Waals surface area contributed by atoms with Crippen molar-refractivity contribution in [2.75, 3.05) is 13.2 Å². The van der Waals surface area contributed by atoms with Gasteiger partial charge in [0.25, 0.3) is 5.91 Å². The van der Waals surface area contributed by atoms with Crippen molar-refractivity contribution in [2.45, 2.75) is 31.9 Å². The molecular formula is C21H21NO4S. The molecule has 0 saturated carbocycles. The van der Waals surface area contributed by atoms with Crippen LogP contribution < -0.4 is 0 Å². The summed E-state index contributed by atoms with van der Waals surface area (Å²) in [6.45, 7) is 3.03. The van der Waals surface area contributed by atoms with Crippen LogP contribution in [0.15, 0.2) is 53.1 Å². The first-order valence-electron chi connectivity index (χ1n) is 9.06. The van der Waals surface area contributed by atoms with Crippen LogP contribution in [-0.2, 0) is 9.53 Å². The van der Waals surface area contributed by atoms with E-state index in [2.05, 4.69) is 0 Å². The number of benzene rings is 1. The third-order valence-corrected chi connectivity index (χ3v) is 5.98. The monoisotopic (exact) mass is 383 g/mol. The van der Waals surface area contributed by atoms with E-state index in [4.69, 9.17) is 4.74 Å². The molecule has 4 rings (SSSR count). The molecule has 1 fully saturated rings. The van der Waals surface area contributed by atoms with E-state index in [0.717, 1.165) is 24.0 Å². The number of hydrogen-bond donors (Lipinski definition) is 1. The molecule has 1 N–H and O–H groups in total. The maximum Gasteiger partial charge on any atom is 0.290 e. The van der Waals surface area contributed by atoms with Gasteiger partial charge in [-0.1, -0.05) is 35.9 Å². The summed E-state index contributed by atoms with van der Waals surface area (Å²) < 4.78 is 5.69. The van der Waals surface area contributed by atoms with Crippen LogP contribution in [-0.4, -0.2) is 41.0 Å². The van der Waals surface area contributed by atoms with E-state index >= 15 is 0 Å². The van der Waals surface area contributed by atoms with Gasteiger partial charge in [0.2, 0.25) is 5.78 Å². The highest BCUT2D eigenvalue weighted by Gasteiger charge is 2.44. The molecule has 140 valence electrons. The van der Waals surface area contributed by atoms with Crippen LogP contribution in [0.3, 0.4) is 0 Å². The van der Waals surface area contributed by atoms with Crippen LogP contribution in [0, 0.1) is 6.92 Å². The second kappa shape index (κ2) is 7.29. The maximum atomic E-state index is 13.1. The average molecular weight is 383 g/mol. The van der Waals surface area contributed by atoms with E-state index in [1.54, 1.807) is 17.0 Å². The molecule has 5 nitrogen and oxygen atoms in total. The average Bonchev–Trinajstić information content (AvgIpc) is 3.41. The van der Waals surface area contributed by atoms with Crippen LogP contribution >= 0.6 is 11.3 Å². The smallest absolute Gasteiger partial charge is 0.290 e. The Morgan fingerprint density at radius 1 is 1.30 bits per heavy atom. The van der Waals surface area contributed by atoms with E-state index in [0.29, 0.717) is 18.0 Å². The molecule has 1 aromatic heterocycles. The quantitative estimate of drug-likeness (QED) is 0.797. The number of ketones is 1. The first-order valence-corrected chi connectivity index (χ1v) is 9.94. The lowest BCUT2D eigenvalue weighted by Gasteiger charge is -2.29. The van der Waals surface area contributed by atoms with Crippen LogP contribution in [0.2, 0.25) is 0 Å². The number of carbonyl (C=O) groups excluding carboxylic acids is 2. The molecule has 2 aliphatic heterocycles. The van der Waals surface area contributed by atoms with Gasteiger partial charge in [-0.2, -0.15) is 0 Å². The van der Waals surface area contributed by atoms with Gasteiger partial charge in [0.15, 0.2) is 5.76 Å². The fraction of sp³-hybridized carbons (Fsp3) is 0.333. The summed E-state index contributed by atoms with van der Waals surface area (Å²) in [5, 5.41) is 12.4. The van der Waals surface area contributed by atoms with Crippen molar-refractivity contribution in [3.63, 3.8) is 0 Å². The highest BCUT2D eigenvalue weighted by molar-refractivity contribution is 7.12. The Bertz CT molecular complexity index is 879. The molecule has 2 unspecified atom stereocenters. The molecule has 0 radical (unpaired) electrons. The minimum atomic E-state index is -0.600. The zero-order valence-electron chi connectivity index (χ0n) is 15.1. The van der Waals surface area contributed by atoms with E-state index < -0.39 is 17.7 Å². The van der Waals surface area contributed by atoms with Gasteiger partial charge in [-0.25, -0.2) is 0 Å². The predicted octanol–water partition coefficient (Wildman–Crippen LogP) is 3.81. The summed E-state index contributed by atoms with van der Waals surface area (Å²) in [4.78, 5) is 28.0. The van der Waals surface area contributed by atoms with Crippen molar-refractivity contribution in [1.29, 1.82) is 0 Å². The Labute approximate surface area is 161 Å². The summed E-state index contributed by atoms with van der Waals surface area (Å²) in [6, 6.07) is 10.6. The summed E-state index contributed by atoms with van der Waals surface area (Å²) >= 11 is 1.31. The molecule has 3 heterocycles. The number of rotatable bonds is 5. The Kier molecular flexibility index (Phi) is 4.85. The van der Waals surface area contributed by atoms with Crippen LogP contribution in [0.25, 0.3) is 0 Å². The van der Waals surface area contributed by atoms with E-state index in [9.17, 15) is 14.7 Å². The number of ether oxygens (including phenoxy) is 1. The Morgan fingerprint density at radius 3 is 2.70 bits per heavy atom. The van der Waals surface area contributed by atoms with Gasteiger partial charge in [-0.15, -0.1) is 11.3 Å². The number of amides is 1. The molecule has 0 spiro atoms. The largest absolute Gasteiger partial charge is 0.503 e. The number of thiophene rings is 1. The molecule has 1 aromatic carbocycles. The first kappa shape index (κ1) is 17.9. The fourth-order valence-corrected chi connectivity index (χ4v) is 4.40. The van der Waals surface area contributed by atoms with Crippen LogP contribution in [0.4, 0.5) is 0 Å². The lowest BCUT2D eigenvalue weighted by atomic mass is 9.94. The van der Waals surface area contributed by atoms with Crippen molar-refractivity contribution >= 4 is 23.0 Å². The normalized spacial score (nSPS) is 22.7. The lowest BCUT2D eigenvalue weighted by molar-refractivity contribution is -0.131. The topological polar surface area (TPSA) is 66.8 Å². The number of hydrogen-bond acceptors (Lipinski definition) is 5. The van der Waals surface area contributed by atoms with Crippen molar-refractivity contribution in [3.05, 3.63) is 69.1 Å². The minimum absolute atomic E-state index is 0.0640. The molecule has 6 heteroatoms. The van der Waals surface area contributed by atoms with Crippen molar-refractivity contribution < 1.29 is 19.4 Å².